The summed E-state index contributed by atoms with van der Waals surface area (Å²) in [7, 11) is 5.46. The average molecular weight is 405 g/mol. The summed E-state index contributed by atoms with van der Waals surface area (Å²) in [5.41, 5.74) is 3.58. The van der Waals surface area contributed by atoms with E-state index < -0.39 is 0 Å². The van der Waals surface area contributed by atoms with Crippen LogP contribution >= 0.6 is 0 Å². The van der Waals surface area contributed by atoms with E-state index in [1.165, 1.54) is 11.1 Å². The van der Waals surface area contributed by atoms with Gasteiger partial charge in [-0.15, -0.1) is 0 Å². The first kappa shape index (κ1) is 20.1. The van der Waals surface area contributed by atoms with Crippen molar-refractivity contribution in [3.63, 3.8) is 0 Å². The molecule has 5 heteroatoms. The van der Waals surface area contributed by atoms with Gasteiger partial charge in [-0.05, 0) is 61.3 Å². The van der Waals surface area contributed by atoms with Gasteiger partial charge in [0, 0.05) is 18.2 Å². The molecular weight excluding hydrogens is 378 g/mol. The van der Waals surface area contributed by atoms with E-state index in [4.69, 9.17) is 14.2 Å². The highest BCUT2D eigenvalue weighted by Crippen LogP contribution is 2.46. The lowest BCUT2D eigenvalue weighted by Gasteiger charge is -2.36. The highest BCUT2D eigenvalue weighted by molar-refractivity contribution is 5.56. The van der Waals surface area contributed by atoms with E-state index in [9.17, 15) is 5.11 Å². The quantitative estimate of drug-likeness (QED) is 0.627. The van der Waals surface area contributed by atoms with Crippen molar-refractivity contribution in [3.05, 3.63) is 77.4 Å². The van der Waals surface area contributed by atoms with Crippen LogP contribution < -0.4 is 14.2 Å². The molecule has 5 nitrogen and oxygen atoms in total. The number of hydrogen-bond donors (Lipinski definition) is 1. The summed E-state index contributed by atoms with van der Waals surface area (Å²) < 4.78 is 17.2. The van der Waals surface area contributed by atoms with E-state index in [0.717, 1.165) is 30.7 Å². The van der Waals surface area contributed by atoms with Gasteiger partial charge in [0.05, 0.1) is 14.2 Å². The van der Waals surface area contributed by atoms with Crippen molar-refractivity contribution in [1.29, 1.82) is 0 Å². The van der Waals surface area contributed by atoms with Gasteiger partial charge in [0.1, 0.15) is 5.75 Å². The van der Waals surface area contributed by atoms with Gasteiger partial charge < -0.3 is 19.3 Å². The first-order valence-electron chi connectivity index (χ1n) is 10.1. The molecule has 4 rings (SSSR count). The van der Waals surface area contributed by atoms with E-state index in [2.05, 4.69) is 30.1 Å². The topological polar surface area (TPSA) is 51.2 Å². The highest BCUT2D eigenvalue weighted by Gasteiger charge is 2.31. The Hall–Kier alpha value is -3.18. The third-order valence-corrected chi connectivity index (χ3v) is 5.73. The van der Waals surface area contributed by atoms with Crippen molar-refractivity contribution in [2.75, 3.05) is 27.8 Å². The van der Waals surface area contributed by atoms with E-state index in [1.54, 1.807) is 32.4 Å². The molecule has 0 bridgehead atoms. The Kier molecular flexibility index (Phi) is 5.81. The molecule has 1 atom stereocenters. The van der Waals surface area contributed by atoms with Gasteiger partial charge in [0.15, 0.2) is 23.0 Å². The molecule has 1 aliphatic rings. The van der Waals surface area contributed by atoms with Crippen LogP contribution in [0.25, 0.3) is 0 Å². The van der Waals surface area contributed by atoms with Crippen LogP contribution in [-0.4, -0.2) is 37.8 Å². The second-order valence-corrected chi connectivity index (χ2v) is 7.54. The standard InChI is InChI=1S/C25H27NO4/c1-26-15-14-18-10-13-23(29-3)25(30-22-7-5-4-6-21(22)27)24(18)20(26)16-17-8-11-19(28-2)12-9-17/h4-13,20,27H,14-16H2,1-3H3. The third-order valence-electron chi connectivity index (χ3n) is 5.73. The molecule has 0 fully saturated rings. The van der Waals surface area contributed by atoms with Crippen molar-refractivity contribution in [3.8, 4) is 28.7 Å². The fourth-order valence-corrected chi connectivity index (χ4v) is 4.04. The fourth-order valence-electron chi connectivity index (χ4n) is 4.04. The fraction of sp³-hybridized carbons (Fsp3) is 0.280. The monoisotopic (exact) mass is 405 g/mol. The molecule has 0 amide bonds. The zero-order valence-corrected chi connectivity index (χ0v) is 17.6. The first-order chi connectivity index (χ1) is 14.6. The number of nitrogens with zero attached hydrogens (tertiary/aromatic N) is 1. The maximum atomic E-state index is 10.3. The number of ether oxygens (including phenoxy) is 3. The van der Waals surface area contributed by atoms with Crippen LogP contribution in [-0.2, 0) is 12.8 Å². The van der Waals surface area contributed by atoms with Crippen LogP contribution in [0.2, 0.25) is 0 Å². The number of phenolic OH excluding ortho intramolecular Hbond substituents is 1. The van der Waals surface area contributed by atoms with E-state index >= 15 is 0 Å². The van der Waals surface area contributed by atoms with E-state index in [0.29, 0.717) is 17.2 Å². The van der Waals surface area contributed by atoms with Gasteiger partial charge in [-0.3, -0.25) is 4.90 Å². The molecule has 0 aromatic heterocycles. The van der Waals surface area contributed by atoms with Gasteiger partial charge in [0.25, 0.3) is 0 Å². The van der Waals surface area contributed by atoms with Crippen molar-refractivity contribution in [2.45, 2.75) is 18.9 Å². The van der Waals surface area contributed by atoms with Crippen LogP contribution in [0.15, 0.2) is 60.7 Å². The predicted molar refractivity (Wildman–Crippen MR) is 117 cm³/mol. The Morgan fingerprint density at radius 1 is 0.933 bits per heavy atom. The lowest BCUT2D eigenvalue weighted by atomic mass is 9.88. The lowest BCUT2D eigenvalue weighted by Crippen LogP contribution is -2.33. The summed E-state index contributed by atoms with van der Waals surface area (Å²) in [6.07, 6.45) is 1.77. The van der Waals surface area contributed by atoms with Crippen LogP contribution in [0.4, 0.5) is 0 Å². The number of hydrogen-bond acceptors (Lipinski definition) is 5. The number of phenols is 1. The summed E-state index contributed by atoms with van der Waals surface area (Å²) in [6.45, 7) is 0.968. The summed E-state index contributed by atoms with van der Waals surface area (Å²) in [5, 5.41) is 10.3. The lowest BCUT2D eigenvalue weighted by molar-refractivity contribution is 0.222. The van der Waals surface area contributed by atoms with Crippen molar-refractivity contribution >= 4 is 0 Å². The molecule has 1 unspecified atom stereocenters. The van der Waals surface area contributed by atoms with E-state index in [1.807, 2.05) is 24.3 Å². The first-order valence-corrected chi connectivity index (χ1v) is 10.1. The molecule has 0 spiro atoms. The molecule has 3 aromatic rings. The SMILES string of the molecule is COc1ccc(CC2c3c(ccc(OC)c3Oc3ccccc3O)CCN2C)cc1. The van der Waals surface area contributed by atoms with Gasteiger partial charge in [-0.1, -0.05) is 30.3 Å². The number of methoxy groups -OCH3 is 2. The zero-order valence-electron chi connectivity index (χ0n) is 17.6. The second kappa shape index (κ2) is 8.67. The number of rotatable bonds is 6. The Morgan fingerprint density at radius 3 is 2.40 bits per heavy atom. The molecule has 156 valence electrons. The minimum atomic E-state index is 0.105. The van der Waals surface area contributed by atoms with Gasteiger partial charge in [-0.25, -0.2) is 0 Å². The van der Waals surface area contributed by atoms with Gasteiger partial charge >= 0.3 is 0 Å². The summed E-state index contributed by atoms with van der Waals surface area (Å²) in [4.78, 5) is 2.35. The second-order valence-electron chi connectivity index (χ2n) is 7.54. The number of fused-ring (bicyclic) bond motifs is 1. The molecule has 30 heavy (non-hydrogen) atoms. The Labute approximate surface area is 177 Å². The zero-order chi connectivity index (χ0) is 21.1. The average Bonchev–Trinajstić information content (AvgIpc) is 2.77. The molecule has 0 aliphatic carbocycles. The minimum Gasteiger partial charge on any atom is -0.504 e. The normalized spacial score (nSPS) is 16.0. The minimum absolute atomic E-state index is 0.105. The number of benzene rings is 3. The number of likely N-dealkylation sites (N-methyl/N-ethyl adjacent to an activating group) is 1. The largest absolute Gasteiger partial charge is 0.504 e. The molecular formula is C25H27NO4. The predicted octanol–water partition coefficient (Wildman–Crippen LogP) is 4.97. The Balaban J connectivity index is 1.77. The van der Waals surface area contributed by atoms with Crippen molar-refractivity contribution in [2.24, 2.45) is 0 Å². The molecule has 0 saturated carbocycles. The van der Waals surface area contributed by atoms with Crippen LogP contribution in [0.1, 0.15) is 22.7 Å². The molecule has 1 aliphatic heterocycles. The van der Waals surface area contributed by atoms with Crippen molar-refractivity contribution in [1.82, 2.24) is 4.90 Å². The molecule has 1 heterocycles. The number of para-hydroxylation sites is 2. The summed E-state index contributed by atoms with van der Waals surface area (Å²) in [6, 6.07) is 19.4. The van der Waals surface area contributed by atoms with Crippen LogP contribution in [0.3, 0.4) is 0 Å². The van der Waals surface area contributed by atoms with Crippen LogP contribution in [0, 0.1) is 0 Å². The third kappa shape index (κ3) is 3.94. The van der Waals surface area contributed by atoms with Gasteiger partial charge in [-0.2, -0.15) is 0 Å². The molecule has 3 aromatic carbocycles. The smallest absolute Gasteiger partial charge is 0.174 e. The summed E-state index contributed by atoms with van der Waals surface area (Å²) in [5.74, 6) is 2.70. The molecule has 0 radical (unpaired) electrons. The summed E-state index contributed by atoms with van der Waals surface area (Å²) >= 11 is 0. The Morgan fingerprint density at radius 2 is 1.70 bits per heavy atom. The van der Waals surface area contributed by atoms with Gasteiger partial charge in [0.2, 0.25) is 0 Å². The van der Waals surface area contributed by atoms with Crippen molar-refractivity contribution < 1.29 is 19.3 Å². The molecule has 0 saturated heterocycles. The number of aromatic hydroxyl groups is 1. The molecule has 1 N–H and O–H groups in total. The van der Waals surface area contributed by atoms with Crippen LogP contribution in [0.5, 0.6) is 28.7 Å². The Bertz CT molecular complexity index is 1020. The maximum absolute atomic E-state index is 10.3. The maximum Gasteiger partial charge on any atom is 0.174 e. The van der Waals surface area contributed by atoms with E-state index in [-0.39, 0.29) is 11.8 Å². The highest BCUT2D eigenvalue weighted by atomic mass is 16.5.